The smallest absolute Gasteiger partial charge is 0.159 e. The topological polar surface area (TPSA) is 112 Å². The van der Waals surface area contributed by atoms with Crippen LogP contribution in [0.25, 0.3) is 22.3 Å². The third-order valence-electron chi connectivity index (χ3n) is 6.44. The van der Waals surface area contributed by atoms with E-state index in [1.165, 1.54) is 14.2 Å². The number of aliphatic hydroxyl groups excluding tert-OH is 1. The second kappa shape index (κ2) is 10.6. The van der Waals surface area contributed by atoms with Gasteiger partial charge in [0.2, 0.25) is 0 Å². The number of rotatable bonds is 7. The molecule has 194 valence electrons. The first kappa shape index (κ1) is 25.3. The molecule has 1 atom stereocenters. The summed E-state index contributed by atoms with van der Waals surface area (Å²) in [6.45, 7) is 3.85. The lowest BCUT2D eigenvalue weighted by Crippen LogP contribution is -2.44. The van der Waals surface area contributed by atoms with Crippen LogP contribution < -0.4 is 19.7 Å². The van der Waals surface area contributed by atoms with E-state index in [1.807, 2.05) is 18.2 Å². The number of ether oxygens (including phenoxy) is 2. The maximum atomic E-state index is 10.8. The number of fused-ring (bicyclic) bond motifs is 1. The molecule has 1 aliphatic heterocycles. The van der Waals surface area contributed by atoms with Gasteiger partial charge in [0.15, 0.2) is 17.7 Å². The summed E-state index contributed by atoms with van der Waals surface area (Å²) >= 11 is 13.1. The van der Waals surface area contributed by atoms with Crippen molar-refractivity contribution in [2.75, 3.05) is 57.7 Å². The number of likely N-dealkylation sites (N-methyl/N-ethyl adjacent to an activating group) is 1. The standard InChI is InChI=1S/C25H27Cl2N7O3/c1-33-8-10-34(11-9-33)19-7-4-14(13-28-19)25(35)30-24-15-5-6-16(29-23(15)31-32-24)20-21(26)17(36-2)12-18(37-3)22(20)27/h4-7,12-13,25,35H,8-11H2,1-3H3,(H2,29,30,31,32). The Morgan fingerprint density at radius 1 is 1.03 bits per heavy atom. The number of piperazine rings is 1. The highest BCUT2D eigenvalue weighted by molar-refractivity contribution is 6.41. The number of nitrogens with zero attached hydrogens (tertiary/aromatic N) is 5. The number of aromatic amines is 1. The predicted octanol–water partition coefficient (Wildman–Crippen LogP) is 4.20. The van der Waals surface area contributed by atoms with Crippen LogP contribution in [0.4, 0.5) is 11.6 Å². The lowest BCUT2D eigenvalue weighted by Gasteiger charge is -2.33. The van der Waals surface area contributed by atoms with Crippen LogP contribution in [0, 0.1) is 0 Å². The fourth-order valence-corrected chi connectivity index (χ4v) is 4.95. The first-order chi connectivity index (χ1) is 17.9. The van der Waals surface area contributed by atoms with E-state index >= 15 is 0 Å². The quantitative estimate of drug-likeness (QED) is 0.295. The summed E-state index contributed by atoms with van der Waals surface area (Å²) < 4.78 is 10.7. The molecule has 5 rings (SSSR count). The van der Waals surface area contributed by atoms with Crippen molar-refractivity contribution >= 4 is 45.9 Å². The molecule has 0 saturated carbocycles. The zero-order valence-corrected chi connectivity index (χ0v) is 22.1. The summed E-state index contributed by atoms with van der Waals surface area (Å²) in [4.78, 5) is 13.7. The highest BCUT2D eigenvalue weighted by Crippen LogP contribution is 2.45. The van der Waals surface area contributed by atoms with Gasteiger partial charge in [-0.15, -0.1) is 0 Å². The predicted molar refractivity (Wildman–Crippen MR) is 145 cm³/mol. The van der Waals surface area contributed by atoms with Crippen molar-refractivity contribution in [1.82, 2.24) is 25.1 Å². The van der Waals surface area contributed by atoms with Gasteiger partial charge in [-0.25, -0.2) is 9.97 Å². The molecule has 0 radical (unpaired) electrons. The fraction of sp³-hybridized carbons (Fsp3) is 0.320. The molecule has 0 aliphatic carbocycles. The maximum absolute atomic E-state index is 10.8. The van der Waals surface area contributed by atoms with Crippen molar-refractivity contribution in [2.24, 2.45) is 0 Å². The average Bonchev–Trinajstić information content (AvgIpc) is 3.31. The van der Waals surface area contributed by atoms with Crippen LogP contribution in [-0.4, -0.2) is 77.6 Å². The van der Waals surface area contributed by atoms with Crippen LogP contribution in [0.1, 0.15) is 11.8 Å². The number of hydrogen-bond donors (Lipinski definition) is 3. The summed E-state index contributed by atoms with van der Waals surface area (Å²) in [6, 6.07) is 9.01. The van der Waals surface area contributed by atoms with Crippen LogP contribution in [0.2, 0.25) is 10.0 Å². The number of anilines is 2. The van der Waals surface area contributed by atoms with E-state index < -0.39 is 6.23 Å². The third kappa shape index (κ3) is 4.97. The van der Waals surface area contributed by atoms with Gasteiger partial charge in [-0.2, -0.15) is 5.10 Å². The van der Waals surface area contributed by atoms with E-state index in [1.54, 1.807) is 18.3 Å². The van der Waals surface area contributed by atoms with Crippen molar-refractivity contribution in [2.45, 2.75) is 6.23 Å². The first-order valence-electron chi connectivity index (χ1n) is 11.7. The van der Waals surface area contributed by atoms with Crippen molar-refractivity contribution in [3.63, 3.8) is 0 Å². The zero-order valence-electron chi connectivity index (χ0n) is 20.6. The van der Waals surface area contributed by atoms with E-state index in [9.17, 15) is 5.11 Å². The molecule has 1 saturated heterocycles. The lowest BCUT2D eigenvalue weighted by atomic mass is 10.1. The van der Waals surface area contributed by atoms with Gasteiger partial charge in [0.05, 0.1) is 35.3 Å². The summed E-state index contributed by atoms with van der Waals surface area (Å²) in [5, 5.41) is 22.3. The fourth-order valence-electron chi connectivity index (χ4n) is 4.26. The average molecular weight is 544 g/mol. The van der Waals surface area contributed by atoms with Gasteiger partial charge < -0.3 is 29.7 Å². The lowest BCUT2D eigenvalue weighted by molar-refractivity contribution is 0.207. The minimum Gasteiger partial charge on any atom is -0.495 e. The Labute approximate surface area is 224 Å². The molecule has 4 aromatic rings. The molecule has 0 bridgehead atoms. The van der Waals surface area contributed by atoms with Crippen molar-refractivity contribution < 1.29 is 14.6 Å². The van der Waals surface area contributed by atoms with E-state index in [-0.39, 0.29) is 0 Å². The van der Waals surface area contributed by atoms with Gasteiger partial charge in [-0.3, -0.25) is 5.10 Å². The van der Waals surface area contributed by atoms with Crippen LogP contribution in [0.5, 0.6) is 11.5 Å². The first-order valence-corrected chi connectivity index (χ1v) is 12.4. The third-order valence-corrected chi connectivity index (χ3v) is 7.19. The summed E-state index contributed by atoms with van der Waals surface area (Å²) in [7, 11) is 5.15. The van der Waals surface area contributed by atoms with E-state index in [2.05, 4.69) is 42.3 Å². The second-order valence-electron chi connectivity index (χ2n) is 8.74. The molecule has 4 heterocycles. The number of aromatic nitrogens is 4. The number of nitrogens with one attached hydrogen (secondary N) is 2. The Bertz CT molecular complexity index is 1380. The molecule has 3 aromatic heterocycles. The minimum absolute atomic E-state index is 0.320. The minimum atomic E-state index is -1.01. The van der Waals surface area contributed by atoms with E-state index in [4.69, 9.17) is 32.7 Å². The Morgan fingerprint density at radius 2 is 1.73 bits per heavy atom. The molecular formula is C25H27Cl2N7O3. The van der Waals surface area contributed by atoms with Gasteiger partial charge in [0.25, 0.3) is 0 Å². The highest BCUT2D eigenvalue weighted by Gasteiger charge is 2.21. The van der Waals surface area contributed by atoms with Crippen molar-refractivity contribution in [3.8, 4) is 22.8 Å². The SMILES string of the molecule is COc1cc(OC)c(Cl)c(-c2ccc3c(NC(O)c4ccc(N5CCN(C)CC5)nc4)n[nH]c3n2)c1Cl. The largest absolute Gasteiger partial charge is 0.495 e. The number of aliphatic hydroxyl groups is 1. The van der Waals surface area contributed by atoms with Crippen molar-refractivity contribution in [1.29, 1.82) is 0 Å². The molecule has 12 heteroatoms. The Hall–Kier alpha value is -3.31. The van der Waals surface area contributed by atoms with E-state index in [0.717, 1.165) is 32.0 Å². The highest BCUT2D eigenvalue weighted by atomic mass is 35.5. The molecule has 37 heavy (non-hydrogen) atoms. The second-order valence-corrected chi connectivity index (χ2v) is 9.49. The van der Waals surface area contributed by atoms with Crippen LogP contribution in [0.15, 0.2) is 36.5 Å². The Kier molecular flexibility index (Phi) is 7.25. The number of halogens is 2. The molecule has 0 spiro atoms. The summed E-state index contributed by atoms with van der Waals surface area (Å²) in [5.41, 5.74) is 2.11. The summed E-state index contributed by atoms with van der Waals surface area (Å²) in [5.74, 6) is 2.19. The molecule has 1 fully saturated rings. The number of H-pyrrole nitrogens is 1. The van der Waals surface area contributed by atoms with Crippen LogP contribution in [-0.2, 0) is 0 Å². The monoisotopic (exact) mass is 543 g/mol. The van der Waals surface area contributed by atoms with Gasteiger partial charge in [-0.1, -0.05) is 23.2 Å². The summed E-state index contributed by atoms with van der Waals surface area (Å²) in [6.07, 6.45) is 0.670. The Balaban J connectivity index is 1.37. The molecular weight excluding hydrogens is 517 g/mol. The van der Waals surface area contributed by atoms with Gasteiger partial charge in [0, 0.05) is 49.6 Å². The van der Waals surface area contributed by atoms with Gasteiger partial charge in [0.1, 0.15) is 17.3 Å². The maximum Gasteiger partial charge on any atom is 0.159 e. The molecule has 1 unspecified atom stereocenters. The zero-order chi connectivity index (χ0) is 26.1. The molecule has 10 nitrogen and oxygen atoms in total. The van der Waals surface area contributed by atoms with Crippen LogP contribution >= 0.6 is 23.2 Å². The molecule has 3 N–H and O–H groups in total. The van der Waals surface area contributed by atoms with Gasteiger partial charge in [-0.05, 0) is 31.3 Å². The number of pyridine rings is 2. The van der Waals surface area contributed by atoms with Crippen molar-refractivity contribution in [3.05, 3.63) is 52.1 Å². The van der Waals surface area contributed by atoms with Gasteiger partial charge >= 0.3 is 0 Å². The van der Waals surface area contributed by atoms with E-state index in [0.29, 0.717) is 55.2 Å². The molecule has 1 aromatic carbocycles. The Morgan fingerprint density at radius 3 is 2.35 bits per heavy atom. The number of hydrogen-bond acceptors (Lipinski definition) is 9. The molecule has 1 aliphatic rings. The van der Waals surface area contributed by atoms with Crippen LogP contribution in [0.3, 0.4) is 0 Å². The number of methoxy groups -OCH3 is 2. The molecule has 0 amide bonds. The number of benzene rings is 1. The normalized spacial score (nSPS) is 15.1.